The number of pyridine rings is 1. The highest BCUT2D eigenvalue weighted by atomic mass is 16.5. The number of anilines is 1. The van der Waals surface area contributed by atoms with Crippen molar-refractivity contribution in [1.29, 1.82) is 0 Å². The first-order chi connectivity index (χ1) is 12.2. The molecule has 6 nitrogen and oxygen atoms in total. The maximum Gasteiger partial charge on any atom is 0.335 e. The molecule has 0 bridgehead atoms. The average molecular weight is 341 g/mol. The molecule has 3 rings (SSSR count). The monoisotopic (exact) mass is 341 g/mol. The van der Waals surface area contributed by atoms with Gasteiger partial charge in [-0.15, -0.1) is 0 Å². The van der Waals surface area contributed by atoms with Gasteiger partial charge in [-0.25, -0.2) is 4.79 Å². The number of benzene rings is 1. The number of carboxylic acid groups (broad SMARTS) is 1. The number of hydrogen-bond donors (Lipinski definition) is 1. The van der Waals surface area contributed by atoms with Gasteiger partial charge in [-0.3, -0.25) is 4.90 Å². The molecule has 0 saturated carbocycles. The number of aromatic carboxylic acids is 1. The van der Waals surface area contributed by atoms with Crippen molar-refractivity contribution in [3.8, 4) is 5.88 Å². The lowest BCUT2D eigenvalue weighted by Crippen LogP contribution is -2.46. The Morgan fingerprint density at radius 1 is 1.16 bits per heavy atom. The lowest BCUT2D eigenvalue weighted by Gasteiger charge is -2.35. The van der Waals surface area contributed by atoms with Gasteiger partial charge in [-0.05, 0) is 30.7 Å². The van der Waals surface area contributed by atoms with Crippen LogP contribution in [0.15, 0.2) is 42.5 Å². The molecule has 2 heterocycles. The van der Waals surface area contributed by atoms with Gasteiger partial charge in [-0.1, -0.05) is 18.2 Å². The number of aromatic nitrogens is 1. The molecule has 25 heavy (non-hydrogen) atoms. The molecule has 0 amide bonds. The van der Waals surface area contributed by atoms with Crippen molar-refractivity contribution in [3.63, 3.8) is 0 Å². The Labute approximate surface area is 147 Å². The van der Waals surface area contributed by atoms with Crippen molar-refractivity contribution in [2.75, 3.05) is 37.7 Å². The summed E-state index contributed by atoms with van der Waals surface area (Å²) in [6, 6.07) is 13.0. The van der Waals surface area contributed by atoms with Gasteiger partial charge in [0.25, 0.3) is 0 Å². The van der Waals surface area contributed by atoms with Crippen LogP contribution in [0.2, 0.25) is 0 Å². The number of carboxylic acids is 1. The largest absolute Gasteiger partial charge is 0.478 e. The number of piperazine rings is 1. The summed E-state index contributed by atoms with van der Waals surface area (Å²) in [4.78, 5) is 20.2. The van der Waals surface area contributed by atoms with E-state index in [1.807, 2.05) is 31.2 Å². The molecule has 1 fully saturated rings. The number of hydrogen-bond acceptors (Lipinski definition) is 5. The van der Waals surface area contributed by atoms with Crippen molar-refractivity contribution >= 4 is 11.8 Å². The van der Waals surface area contributed by atoms with Gasteiger partial charge in [0.05, 0.1) is 12.2 Å². The highest BCUT2D eigenvalue weighted by Gasteiger charge is 2.18. The van der Waals surface area contributed by atoms with Crippen LogP contribution >= 0.6 is 0 Å². The molecular formula is C19H23N3O3. The summed E-state index contributed by atoms with van der Waals surface area (Å²) in [5, 5.41) is 9.10. The quantitative estimate of drug-likeness (QED) is 0.871. The van der Waals surface area contributed by atoms with E-state index in [1.54, 1.807) is 18.2 Å². The van der Waals surface area contributed by atoms with E-state index < -0.39 is 5.97 Å². The molecule has 6 heteroatoms. The van der Waals surface area contributed by atoms with E-state index in [4.69, 9.17) is 9.84 Å². The van der Waals surface area contributed by atoms with Crippen LogP contribution < -0.4 is 9.64 Å². The van der Waals surface area contributed by atoms with Crippen molar-refractivity contribution in [3.05, 3.63) is 53.6 Å². The molecule has 1 saturated heterocycles. The molecule has 0 spiro atoms. The van der Waals surface area contributed by atoms with E-state index in [2.05, 4.69) is 14.8 Å². The maximum atomic E-state index is 11.1. The minimum Gasteiger partial charge on any atom is -0.478 e. The second-order valence-electron chi connectivity index (χ2n) is 6.04. The van der Waals surface area contributed by atoms with E-state index in [0.29, 0.717) is 18.1 Å². The summed E-state index contributed by atoms with van der Waals surface area (Å²) in [6.07, 6.45) is 0. The number of ether oxygens (including phenoxy) is 1. The van der Waals surface area contributed by atoms with Gasteiger partial charge in [0.1, 0.15) is 5.82 Å². The van der Waals surface area contributed by atoms with E-state index in [-0.39, 0.29) is 0 Å². The van der Waals surface area contributed by atoms with Gasteiger partial charge in [0.15, 0.2) is 0 Å². The molecule has 0 atom stereocenters. The summed E-state index contributed by atoms with van der Waals surface area (Å²) < 4.78 is 5.47. The lowest BCUT2D eigenvalue weighted by molar-refractivity contribution is 0.0696. The first-order valence-corrected chi connectivity index (χ1v) is 8.55. The van der Waals surface area contributed by atoms with Crippen LogP contribution in [0.4, 0.5) is 5.82 Å². The Hall–Kier alpha value is -2.60. The van der Waals surface area contributed by atoms with E-state index in [0.717, 1.165) is 44.1 Å². The Balaban J connectivity index is 1.58. The van der Waals surface area contributed by atoms with E-state index >= 15 is 0 Å². The molecule has 1 N–H and O–H groups in total. The fourth-order valence-electron chi connectivity index (χ4n) is 3.00. The molecule has 2 aromatic rings. The molecular weight excluding hydrogens is 318 g/mol. The number of carbonyl (C=O) groups is 1. The van der Waals surface area contributed by atoms with Crippen molar-refractivity contribution in [2.45, 2.75) is 13.5 Å². The normalized spacial score (nSPS) is 15.2. The minimum atomic E-state index is -0.882. The van der Waals surface area contributed by atoms with Crippen LogP contribution in [0.1, 0.15) is 22.8 Å². The van der Waals surface area contributed by atoms with E-state index in [9.17, 15) is 4.79 Å². The molecule has 0 unspecified atom stereocenters. The molecule has 132 valence electrons. The average Bonchev–Trinajstić information content (AvgIpc) is 2.63. The minimum absolute atomic E-state index is 0.341. The summed E-state index contributed by atoms with van der Waals surface area (Å²) in [7, 11) is 0. The second kappa shape index (κ2) is 7.98. The van der Waals surface area contributed by atoms with Crippen LogP contribution in [0.25, 0.3) is 0 Å². The zero-order valence-corrected chi connectivity index (χ0v) is 14.4. The van der Waals surface area contributed by atoms with Gasteiger partial charge >= 0.3 is 5.97 Å². The van der Waals surface area contributed by atoms with Crippen molar-refractivity contribution in [2.24, 2.45) is 0 Å². The number of nitrogens with zero attached hydrogens (tertiary/aromatic N) is 3. The lowest BCUT2D eigenvalue weighted by atomic mass is 10.1. The molecule has 1 aromatic heterocycles. The van der Waals surface area contributed by atoms with E-state index in [1.165, 1.54) is 0 Å². The van der Waals surface area contributed by atoms with Gasteiger partial charge in [0, 0.05) is 38.8 Å². The third-order valence-corrected chi connectivity index (χ3v) is 4.28. The van der Waals surface area contributed by atoms with Crippen LogP contribution in [-0.4, -0.2) is 53.7 Å². The van der Waals surface area contributed by atoms with Gasteiger partial charge < -0.3 is 14.7 Å². The standard InChI is InChI=1S/C19H23N3O3/c1-2-25-18-8-4-7-17(20-18)22-11-9-21(10-12-22)14-15-5-3-6-16(13-15)19(23)24/h3-8,13H,2,9-12,14H2,1H3,(H,23,24). The van der Waals surface area contributed by atoms with Crippen molar-refractivity contribution < 1.29 is 14.6 Å². The van der Waals surface area contributed by atoms with Crippen LogP contribution in [0.3, 0.4) is 0 Å². The molecule has 0 aliphatic carbocycles. The third-order valence-electron chi connectivity index (χ3n) is 4.28. The zero-order valence-electron chi connectivity index (χ0n) is 14.4. The predicted octanol–water partition coefficient (Wildman–Crippen LogP) is 2.50. The summed E-state index contributed by atoms with van der Waals surface area (Å²) in [6.45, 7) is 6.94. The fraction of sp³-hybridized carbons (Fsp3) is 0.368. The summed E-state index contributed by atoms with van der Waals surface area (Å²) >= 11 is 0. The molecule has 1 aliphatic rings. The smallest absolute Gasteiger partial charge is 0.335 e. The molecule has 0 radical (unpaired) electrons. The highest BCUT2D eigenvalue weighted by molar-refractivity contribution is 5.87. The first kappa shape index (κ1) is 17.2. The zero-order chi connectivity index (χ0) is 17.6. The second-order valence-corrected chi connectivity index (χ2v) is 6.04. The van der Waals surface area contributed by atoms with Gasteiger partial charge in [-0.2, -0.15) is 4.98 Å². The summed E-state index contributed by atoms with van der Waals surface area (Å²) in [5.74, 6) is 0.721. The number of rotatable bonds is 6. The topological polar surface area (TPSA) is 65.9 Å². The third kappa shape index (κ3) is 4.48. The first-order valence-electron chi connectivity index (χ1n) is 8.55. The highest BCUT2D eigenvalue weighted by Crippen LogP contribution is 2.18. The Morgan fingerprint density at radius 2 is 1.92 bits per heavy atom. The van der Waals surface area contributed by atoms with Crippen molar-refractivity contribution in [1.82, 2.24) is 9.88 Å². The Morgan fingerprint density at radius 3 is 2.64 bits per heavy atom. The molecule has 1 aromatic carbocycles. The molecule has 1 aliphatic heterocycles. The van der Waals surface area contributed by atoms with Crippen LogP contribution in [0, 0.1) is 0 Å². The summed E-state index contributed by atoms with van der Waals surface area (Å²) in [5.41, 5.74) is 1.37. The van der Waals surface area contributed by atoms with Gasteiger partial charge in [0.2, 0.25) is 5.88 Å². The Kier molecular flexibility index (Phi) is 5.50. The fourth-order valence-corrected chi connectivity index (χ4v) is 3.00. The SMILES string of the molecule is CCOc1cccc(N2CCN(Cc3cccc(C(=O)O)c3)CC2)n1. The Bertz CT molecular complexity index is 727. The maximum absolute atomic E-state index is 11.1. The van der Waals surface area contributed by atoms with Crippen LogP contribution in [-0.2, 0) is 6.54 Å². The predicted molar refractivity (Wildman–Crippen MR) is 96.3 cm³/mol. The van der Waals surface area contributed by atoms with Crippen LogP contribution in [0.5, 0.6) is 5.88 Å².